The van der Waals surface area contributed by atoms with Crippen molar-refractivity contribution in [2.75, 3.05) is 36.5 Å². The fraction of sp³-hybridized carbons (Fsp3) is 0.250. The van der Waals surface area contributed by atoms with Crippen LogP contribution in [0.5, 0.6) is 11.5 Å². The zero-order valence-electron chi connectivity index (χ0n) is 20.3. The summed E-state index contributed by atoms with van der Waals surface area (Å²) >= 11 is 6.03. The third kappa shape index (κ3) is 4.90. The van der Waals surface area contributed by atoms with Crippen molar-refractivity contribution in [3.8, 4) is 22.8 Å². The lowest BCUT2D eigenvalue weighted by atomic mass is 9.96. The van der Waals surface area contributed by atoms with Crippen LogP contribution in [0.1, 0.15) is 29.8 Å². The maximum absolute atomic E-state index is 12.6. The molecule has 0 bridgehead atoms. The van der Waals surface area contributed by atoms with Crippen molar-refractivity contribution in [3.63, 3.8) is 0 Å². The molecule has 2 aliphatic heterocycles. The van der Waals surface area contributed by atoms with E-state index in [1.54, 1.807) is 12.1 Å². The van der Waals surface area contributed by atoms with E-state index in [4.69, 9.17) is 21.1 Å². The molecule has 4 aromatic rings. The van der Waals surface area contributed by atoms with E-state index in [-0.39, 0.29) is 11.6 Å². The second kappa shape index (κ2) is 9.88. The largest absolute Gasteiger partial charge is 0.456 e. The molecule has 0 spiro atoms. The molecule has 1 atom stereocenters. The first-order valence-corrected chi connectivity index (χ1v) is 12.7. The molecule has 2 aliphatic rings. The van der Waals surface area contributed by atoms with E-state index in [9.17, 15) is 4.79 Å². The van der Waals surface area contributed by atoms with Crippen molar-refractivity contribution in [3.05, 3.63) is 93.3 Å². The minimum atomic E-state index is -0.136. The number of hydrogen-bond acceptors (Lipinski definition) is 7. The second-order valence-corrected chi connectivity index (χ2v) is 9.63. The SMILES string of the molecule is CC(Nc1ccc2c(c1)Cc1cccc(-c3cc(N4CCOCC4)cc(=O)[nH]3)c1O2)c1cc(Cl)ncn1. The van der Waals surface area contributed by atoms with Gasteiger partial charge in [0.15, 0.2) is 0 Å². The van der Waals surface area contributed by atoms with Gasteiger partial charge < -0.3 is 24.7 Å². The molecule has 0 saturated carbocycles. The number of aromatic amines is 1. The Morgan fingerprint density at radius 3 is 2.76 bits per heavy atom. The number of fused-ring (bicyclic) bond motifs is 2. The molecule has 0 aliphatic carbocycles. The summed E-state index contributed by atoms with van der Waals surface area (Å²) in [6.07, 6.45) is 2.18. The third-order valence-electron chi connectivity index (χ3n) is 6.73. The van der Waals surface area contributed by atoms with Crippen LogP contribution in [0.2, 0.25) is 5.15 Å². The zero-order chi connectivity index (χ0) is 25.4. The predicted octanol–water partition coefficient (Wildman–Crippen LogP) is 5.19. The van der Waals surface area contributed by atoms with Crippen molar-refractivity contribution in [1.29, 1.82) is 0 Å². The average molecular weight is 516 g/mol. The smallest absolute Gasteiger partial charge is 0.250 e. The molecule has 37 heavy (non-hydrogen) atoms. The lowest BCUT2D eigenvalue weighted by Crippen LogP contribution is -2.36. The Morgan fingerprint density at radius 1 is 1.05 bits per heavy atom. The highest BCUT2D eigenvalue weighted by molar-refractivity contribution is 6.29. The summed E-state index contributed by atoms with van der Waals surface area (Å²) in [5.74, 6) is 1.57. The molecule has 1 fully saturated rings. The third-order valence-corrected chi connectivity index (χ3v) is 6.93. The first-order valence-electron chi connectivity index (χ1n) is 12.3. The van der Waals surface area contributed by atoms with Crippen molar-refractivity contribution in [2.24, 2.45) is 0 Å². The van der Waals surface area contributed by atoms with Crippen molar-refractivity contribution in [2.45, 2.75) is 19.4 Å². The van der Waals surface area contributed by atoms with Gasteiger partial charge in [-0.25, -0.2) is 9.97 Å². The number of morpholine rings is 1. The highest BCUT2D eigenvalue weighted by Gasteiger charge is 2.22. The van der Waals surface area contributed by atoms with Crippen LogP contribution in [0.15, 0.2) is 65.7 Å². The van der Waals surface area contributed by atoms with Crippen molar-refractivity contribution >= 4 is 23.0 Å². The number of pyridine rings is 1. The molecule has 9 heteroatoms. The van der Waals surface area contributed by atoms with Gasteiger partial charge in [-0.1, -0.05) is 23.7 Å². The highest BCUT2D eigenvalue weighted by Crippen LogP contribution is 2.43. The summed E-state index contributed by atoms with van der Waals surface area (Å²) in [4.78, 5) is 26.0. The molecule has 0 amide bonds. The van der Waals surface area contributed by atoms with Gasteiger partial charge in [0.25, 0.3) is 0 Å². The van der Waals surface area contributed by atoms with E-state index in [0.29, 0.717) is 18.4 Å². The maximum Gasteiger partial charge on any atom is 0.250 e. The molecule has 8 nitrogen and oxygen atoms in total. The lowest BCUT2D eigenvalue weighted by molar-refractivity contribution is 0.122. The van der Waals surface area contributed by atoms with Gasteiger partial charge in [0.2, 0.25) is 5.56 Å². The topological polar surface area (TPSA) is 92.4 Å². The minimum absolute atomic E-state index is 0.0440. The number of aromatic nitrogens is 3. The van der Waals surface area contributed by atoms with Crippen molar-refractivity contribution in [1.82, 2.24) is 15.0 Å². The average Bonchev–Trinajstić information content (AvgIpc) is 2.91. The Morgan fingerprint density at radius 2 is 1.92 bits per heavy atom. The standard InChI is InChI=1S/C28H26ClN5O3/c1-17(23-15-26(29)31-16-30-23)32-20-5-6-25-19(12-20)11-18-3-2-4-22(28(18)37-25)24-13-21(14-27(35)33-24)34-7-9-36-10-8-34/h2-6,12-17,32H,7-11H2,1H3,(H,33,35). The molecule has 2 aromatic carbocycles. The first-order chi connectivity index (χ1) is 18.0. The first kappa shape index (κ1) is 23.5. The fourth-order valence-electron chi connectivity index (χ4n) is 4.86. The normalized spacial score (nSPS) is 15.4. The number of nitrogens with one attached hydrogen (secondary N) is 2. The number of para-hydroxylation sites is 1. The number of halogens is 1. The van der Waals surface area contributed by atoms with Gasteiger partial charge in [0.05, 0.1) is 30.6 Å². The highest BCUT2D eigenvalue weighted by atomic mass is 35.5. The van der Waals surface area contributed by atoms with Crippen LogP contribution >= 0.6 is 11.6 Å². The van der Waals surface area contributed by atoms with Gasteiger partial charge in [-0.2, -0.15) is 0 Å². The summed E-state index contributed by atoms with van der Waals surface area (Å²) in [5, 5.41) is 3.90. The van der Waals surface area contributed by atoms with Gasteiger partial charge in [0.1, 0.15) is 23.0 Å². The van der Waals surface area contributed by atoms with E-state index < -0.39 is 0 Å². The summed E-state index contributed by atoms with van der Waals surface area (Å²) in [7, 11) is 0. The van der Waals surface area contributed by atoms with Crippen molar-refractivity contribution < 1.29 is 9.47 Å². The Bertz CT molecular complexity index is 1520. The Balaban J connectivity index is 1.27. The number of rotatable bonds is 5. The zero-order valence-corrected chi connectivity index (χ0v) is 21.1. The molecule has 1 saturated heterocycles. The van der Waals surface area contributed by atoms with E-state index in [1.807, 2.05) is 37.3 Å². The van der Waals surface area contributed by atoms with Crippen LogP contribution in [-0.2, 0) is 11.2 Å². The molecule has 2 N–H and O–H groups in total. The molecule has 2 aromatic heterocycles. The fourth-order valence-corrected chi connectivity index (χ4v) is 5.02. The number of benzene rings is 2. The predicted molar refractivity (Wildman–Crippen MR) is 144 cm³/mol. The van der Waals surface area contributed by atoms with E-state index in [0.717, 1.165) is 70.5 Å². The van der Waals surface area contributed by atoms with Gasteiger partial charge in [-0.3, -0.25) is 4.79 Å². The molecular formula is C28H26ClN5O3. The quantitative estimate of drug-likeness (QED) is 0.311. The second-order valence-electron chi connectivity index (χ2n) is 9.24. The van der Waals surface area contributed by atoms with Crippen LogP contribution in [0.3, 0.4) is 0 Å². The van der Waals surface area contributed by atoms with E-state index in [1.165, 1.54) is 6.33 Å². The summed E-state index contributed by atoms with van der Waals surface area (Å²) < 4.78 is 11.9. The van der Waals surface area contributed by atoms with Gasteiger partial charge in [-0.15, -0.1) is 0 Å². The van der Waals surface area contributed by atoms with Gasteiger partial charge in [-0.05, 0) is 48.9 Å². The van der Waals surface area contributed by atoms with Crippen LogP contribution < -0.4 is 20.5 Å². The number of nitrogens with zero attached hydrogens (tertiary/aromatic N) is 3. The number of hydrogen-bond donors (Lipinski definition) is 2. The Labute approximate surface area is 219 Å². The van der Waals surface area contributed by atoms with Crippen LogP contribution in [-0.4, -0.2) is 41.3 Å². The molecule has 0 radical (unpaired) electrons. The van der Waals surface area contributed by atoms with Crippen LogP contribution in [0.25, 0.3) is 11.3 Å². The number of anilines is 2. The Kier molecular flexibility index (Phi) is 6.28. The minimum Gasteiger partial charge on any atom is -0.456 e. The molecule has 4 heterocycles. The molecule has 6 rings (SSSR count). The lowest BCUT2D eigenvalue weighted by Gasteiger charge is -2.29. The van der Waals surface area contributed by atoms with E-state index in [2.05, 4.69) is 37.3 Å². The molecule has 188 valence electrons. The molecular weight excluding hydrogens is 490 g/mol. The monoisotopic (exact) mass is 515 g/mol. The Hall–Kier alpha value is -3.88. The van der Waals surface area contributed by atoms with Gasteiger partial charge >= 0.3 is 0 Å². The maximum atomic E-state index is 12.6. The summed E-state index contributed by atoms with van der Waals surface area (Å²) in [6.45, 7) is 4.87. The number of ether oxygens (including phenoxy) is 2. The number of H-pyrrole nitrogens is 1. The van der Waals surface area contributed by atoms with Crippen LogP contribution in [0.4, 0.5) is 11.4 Å². The van der Waals surface area contributed by atoms with E-state index >= 15 is 0 Å². The van der Waals surface area contributed by atoms with Gasteiger partial charge in [0, 0.05) is 48.1 Å². The summed E-state index contributed by atoms with van der Waals surface area (Å²) in [5.41, 5.74) is 6.29. The molecule has 1 unspecified atom stereocenters. The summed E-state index contributed by atoms with van der Waals surface area (Å²) in [6, 6.07) is 17.5. The van der Waals surface area contributed by atoms with Crippen LogP contribution in [0, 0.1) is 0 Å².